The Labute approximate surface area is 180 Å². The zero-order valence-electron chi connectivity index (χ0n) is 16.7. The van der Waals surface area contributed by atoms with Gasteiger partial charge in [-0.3, -0.25) is 4.79 Å². The van der Waals surface area contributed by atoms with Crippen LogP contribution in [0.5, 0.6) is 17.2 Å². The maximum atomic E-state index is 13.5. The quantitative estimate of drug-likeness (QED) is 0.684. The van der Waals surface area contributed by atoms with Crippen molar-refractivity contribution in [1.82, 2.24) is 4.31 Å². The van der Waals surface area contributed by atoms with Crippen LogP contribution >= 0.6 is 11.6 Å². The number of benzene rings is 2. The van der Waals surface area contributed by atoms with Crippen molar-refractivity contribution in [1.29, 1.82) is 0 Å². The van der Waals surface area contributed by atoms with Crippen molar-refractivity contribution in [3.63, 3.8) is 0 Å². The number of hydrogen-bond acceptors (Lipinski definition) is 6. The molecule has 3 rings (SSSR count). The Balaban J connectivity index is 2.16. The average Bonchev–Trinajstić information content (AvgIpc) is 2.72. The van der Waals surface area contributed by atoms with Crippen LogP contribution in [0.2, 0.25) is 5.02 Å². The zero-order valence-corrected chi connectivity index (χ0v) is 18.3. The highest BCUT2D eigenvalue weighted by molar-refractivity contribution is 7.89. The summed E-state index contributed by atoms with van der Waals surface area (Å²) in [5, 5.41) is 9.72. The second-order valence-electron chi connectivity index (χ2n) is 6.68. The van der Waals surface area contributed by atoms with Crippen molar-refractivity contribution in [3.8, 4) is 17.2 Å². The molecular formula is C20H22ClNO7S. The lowest BCUT2D eigenvalue weighted by Gasteiger charge is -2.36. The van der Waals surface area contributed by atoms with Gasteiger partial charge < -0.3 is 19.3 Å². The molecule has 10 heteroatoms. The number of carbonyl (C=O) groups is 1. The summed E-state index contributed by atoms with van der Waals surface area (Å²) in [4.78, 5) is 11.5. The molecule has 0 unspecified atom stereocenters. The van der Waals surface area contributed by atoms with Gasteiger partial charge in [-0.2, -0.15) is 4.31 Å². The highest BCUT2D eigenvalue weighted by Crippen LogP contribution is 2.42. The molecule has 162 valence electrons. The SMILES string of the molecule is COc1cc2c(cc1OC)[C@H](CC(=O)O)N(S(=O)(=O)c1cc(Cl)ccc1OC)CC2. The van der Waals surface area contributed by atoms with Gasteiger partial charge in [-0.1, -0.05) is 11.6 Å². The van der Waals surface area contributed by atoms with Crippen molar-refractivity contribution >= 4 is 27.6 Å². The molecule has 1 aliphatic heterocycles. The first kappa shape index (κ1) is 22.2. The Kier molecular flexibility index (Phi) is 6.44. The first-order valence-electron chi connectivity index (χ1n) is 9.05. The van der Waals surface area contributed by atoms with Crippen LogP contribution in [0.3, 0.4) is 0 Å². The normalized spacial score (nSPS) is 16.6. The third-order valence-electron chi connectivity index (χ3n) is 5.03. The number of aliphatic carboxylic acids is 1. The fraction of sp³-hybridized carbons (Fsp3) is 0.350. The van der Waals surface area contributed by atoms with Gasteiger partial charge in [-0.15, -0.1) is 0 Å². The van der Waals surface area contributed by atoms with Crippen LogP contribution in [0, 0.1) is 0 Å². The Hall–Kier alpha value is -2.49. The predicted molar refractivity (Wildman–Crippen MR) is 110 cm³/mol. The Morgan fingerprint density at radius 2 is 1.73 bits per heavy atom. The lowest BCUT2D eigenvalue weighted by molar-refractivity contribution is -0.138. The van der Waals surface area contributed by atoms with E-state index in [0.29, 0.717) is 23.5 Å². The average molecular weight is 456 g/mol. The molecule has 2 aromatic carbocycles. The van der Waals surface area contributed by atoms with E-state index in [2.05, 4.69) is 0 Å². The molecule has 0 fully saturated rings. The van der Waals surface area contributed by atoms with Gasteiger partial charge in [-0.25, -0.2) is 8.42 Å². The minimum Gasteiger partial charge on any atom is -0.495 e. The first-order valence-corrected chi connectivity index (χ1v) is 10.9. The summed E-state index contributed by atoms with van der Waals surface area (Å²) >= 11 is 6.03. The molecule has 0 aromatic heterocycles. The molecule has 8 nitrogen and oxygen atoms in total. The smallest absolute Gasteiger partial charge is 0.305 e. The number of hydrogen-bond donors (Lipinski definition) is 1. The second kappa shape index (κ2) is 8.71. The zero-order chi connectivity index (χ0) is 22.1. The van der Waals surface area contributed by atoms with E-state index in [1.54, 1.807) is 12.1 Å². The number of rotatable bonds is 7. The van der Waals surface area contributed by atoms with Crippen molar-refractivity contribution in [2.24, 2.45) is 0 Å². The van der Waals surface area contributed by atoms with E-state index < -0.39 is 28.5 Å². The number of fused-ring (bicyclic) bond motifs is 1. The van der Waals surface area contributed by atoms with Crippen LogP contribution in [0.4, 0.5) is 0 Å². The van der Waals surface area contributed by atoms with Gasteiger partial charge in [0.05, 0.1) is 33.8 Å². The van der Waals surface area contributed by atoms with Crippen LogP contribution in [-0.2, 0) is 21.2 Å². The number of nitrogens with zero attached hydrogens (tertiary/aromatic N) is 1. The number of methoxy groups -OCH3 is 3. The summed E-state index contributed by atoms with van der Waals surface area (Å²) < 4.78 is 44.1. The fourth-order valence-electron chi connectivity index (χ4n) is 3.65. The highest BCUT2D eigenvalue weighted by atomic mass is 35.5. The van der Waals surface area contributed by atoms with E-state index in [9.17, 15) is 18.3 Å². The van der Waals surface area contributed by atoms with Gasteiger partial charge in [0.15, 0.2) is 11.5 Å². The molecule has 0 aliphatic carbocycles. The van der Waals surface area contributed by atoms with Gasteiger partial charge in [-0.05, 0) is 47.9 Å². The molecule has 1 atom stereocenters. The molecule has 1 N–H and O–H groups in total. The fourth-order valence-corrected chi connectivity index (χ4v) is 5.67. The molecule has 30 heavy (non-hydrogen) atoms. The lowest BCUT2D eigenvalue weighted by atomic mass is 9.92. The Bertz CT molecular complexity index is 1070. The molecule has 1 aliphatic rings. The summed E-state index contributed by atoms with van der Waals surface area (Å²) in [6.07, 6.45) is -0.0293. The third-order valence-corrected chi connectivity index (χ3v) is 7.20. The van der Waals surface area contributed by atoms with E-state index in [-0.39, 0.29) is 22.2 Å². The Morgan fingerprint density at radius 3 is 2.33 bits per heavy atom. The van der Waals surface area contributed by atoms with E-state index in [1.165, 1.54) is 43.8 Å². The largest absolute Gasteiger partial charge is 0.495 e. The Morgan fingerprint density at radius 1 is 1.10 bits per heavy atom. The number of carboxylic acid groups (broad SMARTS) is 1. The van der Waals surface area contributed by atoms with Crippen LogP contribution in [0.15, 0.2) is 35.2 Å². The van der Waals surface area contributed by atoms with Crippen LogP contribution in [0.25, 0.3) is 0 Å². The molecule has 0 radical (unpaired) electrons. The maximum absolute atomic E-state index is 13.5. The van der Waals surface area contributed by atoms with Crippen molar-refractivity contribution < 1.29 is 32.5 Å². The van der Waals surface area contributed by atoms with Crippen molar-refractivity contribution in [2.75, 3.05) is 27.9 Å². The van der Waals surface area contributed by atoms with Crippen molar-refractivity contribution in [3.05, 3.63) is 46.5 Å². The van der Waals surface area contributed by atoms with Gasteiger partial charge >= 0.3 is 5.97 Å². The molecule has 0 spiro atoms. The number of halogens is 1. The topological polar surface area (TPSA) is 102 Å². The maximum Gasteiger partial charge on any atom is 0.305 e. The van der Waals surface area contributed by atoms with E-state index in [4.69, 9.17) is 25.8 Å². The standard InChI is InChI=1S/C20H22ClNO7S/c1-27-16-5-4-13(21)9-19(16)30(25,26)22-7-6-12-8-17(28-2)18(29-3)10-14(12)15(22)11-20(23)24/h4-5,8-10,15H,6-7,11H2,1-3H3,(H,23,24)/t15-/m0/s1. The monoisotopic (exact) mass is 455 g/mol. The minimum absolute atomic E-state index is 0.0957. The van der Waals surface area contributed by atoms with Gasteiger partial charge in [0.1, 0.15) is 10.6 Å². The molecule has 2 aromatic rings. The van der Waals surface area contributed by atoms with Crippen LogP contribution < -0.4 is 14.2 Å². The molecule has 0 saturated heterocycles. The van der Waals surface area contributed by atoms with Crippen molar-refractivity contribution in [2.45, 2.75) is 23.8 Å². The molecule has 0 amide bonds. The number of carboxylic acids is 1. The van der Waals surface area contributed by atoms with Gasteiger partial charge in [0.25, 0.3) is 0 Å². The minimum atomic E-state index is -4.11. The number of sulfonamides is 1. The van der Waals surface area contributed by atoms with E-state index in [1.807, 2.05) is 0 Å². The highest BCUT2D eigenvalue weighted by Gasteiger charge is 2.39. The molecule has 0 saturated carbocycles. The first-order chi connectivity index (χ1) is 14.2. The van der Waals surface area contributed by atoms with E-state index in [0.717, 1.165) is 5.56 Å². The predicted octanol–water partition coefficient (Wildman–Crippen LogP) is 3.13. The van der Waals surface area contributed by atoms with Gasteiger partial charge in [0.2, 0.25) is 10.0 Å². The number of ether oxygens (including phenoxy) is 3. The molecule has 0 bridgehead atoms. The summed E-state index contributed by atoms with van der Waals surface area (Å²) in [5.41, 5.74) is 1.37. The summed E-state index contributed by atoms with van der Waals surface area (Å²) in [6, 6.07) is 6.76. The molecule has 1 heterocycles. The van der Waals surface area contributed by atoms with Gasteiger partial charge in [0, 0.05) is 11.6 Å². The summed E-state index contributed by atoms with van der Waals surface area (Å²) in [7, 11) is 0.216. The summed E-state index contributed by atoms with van der Waals surface area (Å²) in [5.74, 6) is -0.100. The lowest BCUT2D eigenvalue weighted by Crippen LogP contribution is -2.41. The van der Waals surface area contributed by atoms with E-state index >= 15 is 0 Å². The van der Waals surface area contributed by atoms with Crippen LogP contribution in [-0.4, -0.2) is 51.7 Å². The molecular weight excluding hydrogens is 434 g/mol. The second-order valence-corrected chi connectivity index (χ2v) is 8.98. The summed E-state index contributed by atoms with van der Waals surface area (Å²) in [6.45, 7) is 0.0957. The van der Waals surface area contributed by atoms with Crippen LogP contribution in [0.1, 0.15) is 23.6 Å². The third kappa shape index (κ3) is 4.05.